The summed E-state index contributed by atoms with van der Waals surface area (Å²) >= 11 is 1.71. The third kappa shape index (κ3) is 5.86. The van der Waals surface area contributed by atoms with Gasteiger partial charge in [0.1, 0.15) is 11.2 Å². The number of hydrogen-bond acceptors (Lipinski definition) is 6. The van der Waals surface area contributed by atoms with Crippen molar-refractivity contribution in [2.75, 3.05) is 31.1 Å². The highest BCUT2D eigenvalue weighted by Crippen LogP contribution is 2.28. The van der Waals surface area contributed by atoms with Crippen LogP contribution in [0.3, 0.4) is 0 Å². The first kappa shape index (κ1) is 24.6. The van der Waals surface area contributed by atoms with Crippen molar-refractivity contribution in [1.29, 1.82) is 0 Å². The lowest BCUT2D eigenvalue weighted by Crippen LogP contribution is -2.51. The van der Waals surface area contributed by atoms with E-state index in [4.69, 9.17) is 5.73 Å². The molecule has 10 heteroatoms. The molecule has 7 nitrogen and oxygen atoms in total. The Bertz CT molecular complexity index is 975. The van der Waals surface area contributed by atoms with Crippen LogP contribution in [-0.4, -0.2) is 61.1 Å². The number of thiophene rings is 1. The van der Waals surface area contributed by atoms with Gasteiger partial charge >= 0.3 is 0 Å². The molecule has 2 saturated heterocycles. The fourth-order valence-electron chi connectivity index (χ4n) is 3.90. The van der Waals surface area contributed by atoms with Gasteiger partial charge in [0, 0.05) is 56.9 Å². The van der Waals surface area contributed by atoms with Crippen LogP contribution < -0.4 is 10.6 Å². The van der Waals surface area contributed by atoms with Gasteiger partial charge in [0.05, 0.1) is 0 Å². The average molecular weight is 483 g/mol. The van der Waals surface area contributed by atoms with Gasteiger partial charge in [-0.3, -0.25) is 4.79 Å². The van der Waals surface area contributed by atoms with Crippen molar-refractivity contribution in [2.24, 2.45) is 5.73 Å². The van der Waals surface area contributed by atoms with Gasteiger partial charge in [-0.05, 0) is 42.7 Å². The zero-order chi connectivity index (χ0) is 23.3. The lowest BCUT2D eigenvalue weighted by molar-refractivity contribution is -0.129. The summed E-state index contributed by atoms with van der Waals surface area (Å²) in [6, 6.07) is 8.73. The molecule has 4 rings (SSSR count). The molecule has 1 aromatic carbocycles. The summed E-state index contributed by atoms with van der Waals surface area (Å²) in [5.74, 6) is -0.380. The number of anilines is 1. The van der Waals surface area contributed by atoms with Gasteiger partial charge in [-0.25, -0.2) is 12.8 Å². The van der Waals surface area contributed by atoms with Crippen LogP contribution in [0.2, 0.25) is 0 Å². The molecular weight excluding hydrogens is 451 g/mol. The molecule has 2 atom stereocenters. The molecule has 1 unspecified atom stereocenters. The summed E-state index contributed by atoms with van der Waals surface area (Å²) in [6.07, 6.45) is 1.09. The molecule has 0 bridgehead atoms. The molecule has 0 aliphatic carbocycles. The second-order valence-electron chi connectivity index (χ2n) is 8.12. The number of piperazine rings is 1. The van der Waals surface area contributed by atoms with Crippen LogP contribution in [0, 0.1) is 5.82 Å². The monoisotopic (exact) mass is 482 g/mol. The van der Waals surface area contributed by atoms with Crippen LogP contribution in [0.4, 0.5) is 10.1 Å². The molecule has 2 aliphatic heterocycles. The number of nitrogens with zero attached hydrogens (tertiary/aromatic N) is 3. The van der Waals surface area contributed by atoms with E-state index in [-0.39, 0.29) is 18.5 Å². The smallest absolute Gasteiger partial charge is 0.230 e. The van der Waals surface area contributed by atoms with Gasteiger partial charge in [0.15, 0.2) is 0 Å². The van der Waals surface area contributed by atoms with E-state index in [1.165, 1.54) is 10.4 Å². The molecule has 0 radical (unpaired) electrons. The van der Waals surface area contributed by atoms with E-state index in [0.29, 0.717) is 44.6 Å². The van der Waals surface area contributed by atoms with Crippen LogP contribution in [0.15, 0.2) is 41.1 Å². The predicted molar refractivity (Wildman–Crippen MR) is 126 cm³/mol. The van der Waals surface area contributed by atoms with E-state index in [9.17, 15) is 17.6 Å². The minimum atomic E-state index is -3.61. The van der Waals surface area contributed by atoms with Gasteiger partial charge in [-0.15, -0.1) is 0 Å². The zero-order valence-corrected chi connectivity index (χ0v) is 20.1. The standard InChI is InChI=1S/C18H27FN4O3S.C4H4S/c1-13-3-6-18(20)27(25,26)23(13)12-15-4-5-16(11-17(15)19)22-9-7-21(8-10-22)14(2)24;1-2-4-5-3-1/h4-5,11,13,18H,3,6-10,12,20H2,1-2H3;1-4H/t13-,18?;/m0./s1. The summed E-state index contributed by atoms with van der Waals surface area (Å²) in [7, 11) is -3.61. The first-order valence-corrected chi connectivity index (χ1v) is 13.2. The summed E-state index contributed by atoms with van der Waals surface area (Å²) in [5.41, 5.74) is 6.83. The maximum atomic E-state index is 14.7. The molecule has 2 aliphatic rings. The molecule has 0 spiro atoms. The fourth-order valence-corrected chi connectivity index (χ4v) is 6.07. The van der Waals surface area contributed by atoms with Crippen molar-refractivity contribution in [3.05, 3.63) is 52.5 Å². The second kappa shape index (κ2) is 10.7. The molecule has 2 fully saturated rings. The van der Waals surface area contributed by atoms with Gasteiger partial charge in [0.2, 0.25) is 15.9 Å². The van der Waals surface area contributed by atoms with Crippen molar-refractivity contribution in [3.8, 4) is 0 Å². The Morgan fingerprint density at radius 2 is 1.81 bits per heavy atom. The largest absolute Gasteiger partial charge is 0.368 e. The van der Waals surface area contributed by atoms with Crippen LogP contribution >= 0.6 is 11.3 Å². The highest BCUT2D eigenvalue weighted by Gasteiger charge is 2.37. The van der Waals surface area contributed by atoms with Crippen LogP contribution in [0.1, 0.15) is 32.3 Å². The fraction of sp³-hybridized carbons (Fsp3) is 0.500. The van der Waals surface area contributed by atoms with Crippen LogP contribution in [0.25, 0.3) is 0 Å². The van der Waals surface area contributed by atoms with Gasteiger partial charge in [-0.1, -0.05) is 18.2 Å². The topological polar surface area (TPSA) is 86.9 Å². The lowest BCUT2D eigenvalue weighted by atomic mass is 10.1. The zero-order valence-electron chi connectivity index (χ0n) is 18.5. The summed E-state index contributed by atoms with van der Waals surface area (Å²) < 4.78 is 41.0. The highest BCUT2D eigenvalue weighted by molar-refractivity contribution is 7.89. The Morgan fingerprint density at radius 1 is 1.16 bits per heavy atom. The first-order chi connectivity index (χ1) is 15.2. The second-order valence-corrected chi connectivity index (χ2v) is 11.0. The molecule has 1 amide bonds. The third-order valence-electron chi connectivity index (χ3n) is 5.95. The van der Waals surface area contributed by atoms with Crippen molar-refractivity contribution in [2.45, 2.75) is 44.6 Å². The Hall–Kier alpha value is -2.01. The number of sulfonamides is 1. The number of benzene rings is 1. The molecular formula is C22H31FN4O3S2. The summed E-state index contributed by atoms with van der Waals surface area (Å²) in [4.78, 5) is 15.2. The predicted octanol–water partition coefficient (Wildman–Crippen LogP) is 2.84. The lowest BCUT2D eigenvalue weighted by Gasteiger charge is -2.36. The van der Waals surface area contributed by atoms with Gasteiger partial charge < -0.3 is 15.5 Å². The van der Waals surface area contributed by atoms with Crippen molar-refractivity contribution < 1.29 is 17.6 Å². The first-order valence-electron chi connectivity index (χ1n) is 10.7. The highest BCUT2D eigenvalue weighted by atomic mass is 32.2. The van der Waals surface area contributed by atoms with Gasteiger partial charge in [0.25, 0.3) is 0 Å². The summed E-state index contributed by atoms with van der Waals surface area (Å²) in [5, 5.41) is 3.16. The molecule has 0 saturated carbocycles. The maximum Gasteiger partial charge on any atom is 0.230 e. The van der Waals surface area contributed by atoms with Crippen molar-refractivity contribution in [1.82, 2.24) is 9.21 Å². The van der Waals surface area contributed by atoms with E-state index in [2.05, 4.69) is 0 Å². The van der Waals surface area contributed by atoms with E-state index in [0.717, 1.165) is 5.69 Å². The molecule has 2 N–H and O–H groups in total. The van der Waals surface area contributed by atoms with Crippen LogP contribution in [-0.2, 0) is 21.4 Å². The average Bonchev–Trinajstić information content (AvgIpc) is 3.35. The number of carbonyl (C=O) groups excluding carboxylic acids is 1. The Morgan fingerprint density at radius 3 is 2.34 bits per heavy atom. The van der Waals surface area contributed by atoms with Gasteiger partial charge in [-0.2, -0.15) is 15.6 Å². The normalized spacial score (nSPS) is 23.4. The minimum absolute atomic E-state index is 0.0125. The van der Waals surface area contributed by atoms with E-state index in [1.807, 2.05) is 40.8 Å². The van der Waals surface area contributed by atoms with Crippen LogP contribution in [0.5, 0.6) is 0 Å². The number of carbonyl (C=O) groups is 1. The van der Waals surface area contributed by atoms with E-state index in [1.54, 1.807) is 29.2 Å². The van der Waals surface area contributed by atoms with E-state index < -0.39 is 21.2 Å². The van der Waals surface area contributed by atoms with Crippen molar-refractivity contribution in [3.63, 3.8) is 0 Å². The third-order valence-corrected chi connectivity index (χ3v) is 8.72. The molecule has 32 heavy (non-hydrogen) atoms. The quantitative estimate of drug-likeness (QED) is 0.727. The van der Waals surface area contributed by atoms with Crippen molar-refractivity contribution >= 4 is 33.0 Å². The number of nitrogens with two attached hydrogens (primary N) is 1. The number of hydrogen-bond donors (Lipinski definition) is 1. The maximum absolute atomic E-state index is 14.7. The molecule has 3 heterocycles. The summed E-state index contributed by atoms with van der Waals surface area (Å²) in [6.45, 7) is 5.87. The Balaban J connectivity index is 0.000000509. The molecule has 176 valence electrons. The number of rotatable bonds is 3. The number of amides is 1. The minimum Gasteiger partial charge on any atom is -0.368 e. The SMILES string of the molecule is CC(=O)N1CCN(c2ccc(CN3[C@@H](C)CCC(N)S3(=O)=O)c(F)c2)CC1.c1ccsc1. The molecule has 1 aromatic heterocycles. The Labute approximate surface area is 193 Å². The number of halogens is 1. The van der Waals surface area contributed by atoms with E-state index >= 15 is 0 Å². The Kier molecular flexibility index (Phi) is 8.26. The molecule has 2 aromatic rings.